The second kappa shape index (κ2) is 6.21. The first kappa shape index (κ1) is 14.1. The zero-order valence-electron chi connectivity index (χ0n) is 11.2. The number of anilines is 1. The Kier molecular flexibility index (Phi) is 4.61. The number of aromatic nitrogens is 3. The fourth-order valence-corrected chi connectivity index (χ4v) is 2.50. The molecular weight excluding hydrogens is 262 g/mol. The van der Waals surface area contributed by atoms with E-state index in [1.165, 1.54) is 5.69 Å². The normalized spacial score (nSPS) is 15.5. The Labute approximate surface area is 119 Å². The number of halogens is 1. The number of nitrogens with one attached hydrogen (secondary N) is 1. The van der Waals surface area contributed by atoms with Crippen LogP contribution < -0.4 is 10.2 Å². The lowest BCUT2D eigenvalue weighted by molar-refractivity contribution is 0.585. The number of aryl methyl sites for hydroxylation is 1. The predicted octanol–water partition coefficient (Wildman–Crippen LogP) is 1.51. The average molecular weight is 282 g/mol. The van der Waals surface area contributed by atoms with Crippen molar-refractivity contribution in [2.75, 3.05) is 31.1 Å². The van der Waals surface area contributed by atoms with E-state index in [2.05, 4.69) is 31.5 Å². The highest BCUT2D eigenvalue weighted by Crippen LogP contribution is 2.19. The molecular formula is C13H20ClN5. The Morgan fingerprint density at radius 1 is 1.26 bits per heavy atom. The first-order valence-electron chi connectivity index (χ1n) is 6.66. The Balaban J connectivity index is 0.00000133. The van der Waals surface area contributed by atoms with Gasteiger partial charge in [-0.05, 0) is 6.42 Å². The van der Waals surface area contributed by atoms with Crippen LogP contribution in [0.4, 0.5) is 5.82 Å². The third-order valence-corrected chi connectivity index (χ3v) is 3.41. The molecule has 3 heterocycles. The standard InChI is InChI=1S/C13H19N5.ClH/c1-2-3-11-10-16-13-12(15-6-9-18(11)13)17-7-4-14-5-8-17;/h6,9-10,14H,2-5,7-8H2,1H3;1H. The minimum Gasteiger partial charge on any atom is -0.351 e. The summed E-state index contributed by atoms with van der Waals surface area (Å²) in [5.74, 6) is 1.02. The van der Waals surface area contributed by atoms with Crippen LogP contribution in [0.5, 0.6) is 0 Å². The van der Waals surface area contributed by atoms with Gasteiger partial charge in [-0.15, -0.1) is 12.4 Å². The number of fused-ring (bicyclic) bond motifs is 1. The maximum absolute atomic E-state index is 4.55. The molecule has 0 radical (unpaired) electrons. The van der Waals surface area contributed by atoms with Crippen LogP contribution in [0.1, 0.15) is 19.0 Å². The molecule has 1 aliphatic rings. The van der Waals surface area contributed by atoms with Crippen LogP contribution in [0, 0.1) is 0 Å². The Morgan fingerprint density at radius 3 is 2.79 bits per heavy atom. The number of imidazole rings is 1. The van der Waals surface area contributed by atoms with Gasteiger partial charge in [-0.2, -0.15) is 0 Å². The number of hydrogen-bond donors (Lipinski definition) is 1. The van der Waals surface area contributed by atoms with Crippen LogP contribution >= 0.6 is 12.4 Å². The van der Waals surface area contributed by atoms with Crippen molar-refractivity contribution >= 4 is 23.9 Å². The highest BCUT2D eigenvalue weighted by atomic mass is 35.5. The van der Waals surface area contributed by atoms with Gasteiger partial charge >= 0.3 is 0 Å². The van der Waals surface area contributed by atoms with E-state index in [1.54, 1.807) is 0 Å². The number of nitrogens with zero attached hydrogens (tertiary/aromatic N) is 4. The molecule has 0 saturated carbocycles. The van der Waals surface area contributed by atoms with Crippen LogP contribution in [0.15, 0.2) is 18.6 Å². The van der Waals surface area contributed by atoms with E-state index in [1.807, 2.05) is 18.6 Å². The fourth-order valence-electron chi connectivity index (χ4n) is 2.50. The van der Waals surface area contributed by atoms with Crippen LogP contribution in [-0.2, 0) is 6.42 Å². The molecule has 1 aliphatic heterocycles. The minimum atomic E-state index is 0. The van der Waals surface area contributed by atoms with Gasteiger partial charge in [0.25, 0.3) is 0 Å². The van der Waals surface area contributed by atoms with Gasteiger partial charge in [0.2, 0.25) is 0 Å². The molecule has 0 bridgehead atoms. The Hall–Kier alpha value is -1.33. The quantitative estimate of drug-likeness (QED) is 0.926. The lowest BCUT2D eigenvalue weighted by atomic mass is 10.3. The molecule has 0 aliphatic carbocycles. The summed E-state index contributed by atoms with van der Waals surface area (Å²) in [5.41, 5.74) is 2.26. The first-order chi connectivity index (χ1) is 8.90. The van der Waals surface area contributed by atoms with Gasteiger partial charge in [0, 0.05) is 50.5 Å². The molecule has 0 spiro atoms. The van der Waals surface area contributed by atoms with Crippen molar-refractivity contribution in [3.05, 3.63) is 24.3 Å². The van der Waals surface area contributed by atoms with Gasteiger partial charge in [-0.3, -0.25) is 4.40 Å². The second-order valence-corrected chi connectivity index (χ2v) is 4.68. The SMILES string of the molecule is CCCc1cnc2c(N3CCNCC3)nccn12.Cl. The zero-order chi connectivity index (χ0) is 12.4. The molecule has 104 valence electrons. The monoisotopic (exact) mass is 281 g/mol. The van der Waals surface area contributed by atoms with Crippen LogP contribution in [0.25, 0.3) is 5.65 Å². The van der Waals surface area contributed by atoms with Crippen molar-refractivity contribution in [3.8, 4) is 0 Å². The number of rotatable bonds is 3. The summed E-state index contributed by atoms with van der Waals surface area (Å²) in [5, 5.41) is 3.36. The molecule has 0 amide bonds. The fraction of sp³-hybridized carbons (Fsp3) is 0.538. The molecule has 3 rings (SSSR count). The maximum atomic E-state index is 4.55. The molecule has 1 saturated heterocycles. The topological polar surface area (TPSA) is 45.5 Å². The maximum Gasteiger partial charge on any atom is 0.180 e. The third-order valence-electron chi connectivity index (χ3n) is 3.41. The lowest BCUT2D eigenvalue weighted by Crippen LogP contribution is -2.44. The van der Waals surface area contributed by atoms with Gasteiger partial charge in [0.15, 0.2) is 11.5 Å². The molecule has 19 heavy (non-hydrogen) atoms. The number of hydrogen-bond acceptors (Lipinski definition) is 4. The van der Waals surface area contributed by atoms with E-state index in [9.17, 15) is 0 Å². The van der Waals surface area contributed by atoms with Gasteiger partial charge in [-0.25, -0.2) is 9.97 Å². The van der Waals surface area contributed by atoms with Gasteiger partial charge in [0.05, 0.1) is 0 Å². The van der Waals surface area contributed by atoms with E-state index in [-0.39, 0.29) is 12.4 Å². The van der Waals surface area contributed by atoms with E-state index < -0.39 is 0 Å². The van der Waals surface area contributed by atoms with E-state index >= 15 is 0 Å². The van der Waals surface area contributed by atoms with Crippen LogP contribution in [-0.4, -0.2) is 40.5 Å². The summed E-state index contributed by atoms with van der Waals surface area (Å²) in [7, 11) is 0. The minimum absolute atomic E-state index is 0. The summed E-state index contributed by atoms with van der Waals surface area (Å²) in [6.07, 6.45) is 8.07. The first-order valence-corrected chi connectivity index (χ1v) is 6.66. The van der Waals surface area contributed by atoms with Gasteiger partial charge in [0.1, 0.15) is 0 Å². The summed E-state index contributed by atoms with van der Waals surface area (Å²) in [6.45, 7) is 6.24. The van der Waals surface area contributed by atoms with Crippen molar-refractivity contribution < 1.29 is 0 Å². The summed E-state index contributed by atoms with van der Waals surface area (Å²) in [6, 6.07) is 0. The summed E-state index contributed by atoms with van der Waals surface area (Å²) in [4.78, 5) is 11.4. The second-order valence-electron chi connectivity index (χ2n) is 4.68. The molecule has 0 aromatic carbocycles. The average Bonchev–Trinajstić information content (AvgIpc) is 2.84. The van der Waals surface area contributed by atoms with Crippen molar-refractivity contribution in [1.29, 1.82) is 0 Å². The van der Waals surface area contributed by atoms with E-state index in [0.29, 0.717) is 0 Å². The highest BCUT2D eigenvalue weighted by Gasteiger charge is 2.16. The molecule has 5 nitrogen and oxygen atoms in total. The van der Waals surface area contributed by atoms with Crippen LogP contribution in [0.3, 0.4) is 0 Å². The van der Waals surface area contributed by atoms with Gasteiger partial charge < -0.3 is 10.2 Å². The highest BCUT2D eigenvalue weighted by molar-refractivity contribution is 5.85. The molecule has 2 aromatic heterocycles. The summed E-state index contributed by atoms with van der Waals surface area (Å²) >= 11 is 0. The molecule has 1 fully saturated rings. The van der Waals surface area contributed by atoms with Crippen LogP contribution in [0.2, 0.25) is 0 Å². The Morgan fingerprint density at radius 2 is 2.05 bits per heavy atom. The van der Waals surface area contributed by atoms with Crippen molar-refractivity contribution in [2.24, 2.45) is 0 Å². The zero-order valence-corrected chi connectivity index (χ0v) is 12.0. The molecule has 2 aromatic rings. The molecule has 0 unspecified atom stereocenters. The van der Waals surface area contributed by atoms with E-state index in [0.717, 1.165) is 50.5 Å². The Bertz CT molecular complexity index is 533. The third kappa shape index (κ3) is 2.67. The lowest BCUT2D eigenvalue weighted by Gasteiger charge is -2.28. The van der Waals surface area contributed by atoms with E-state index in [4.69, 9.17) is 0 Å². The summed E-state index contributed by atoms with van der Waals surface area (Å²) < 4.78 is 2.17. The van der Waals surface area contributed by atoms with Crippen molar-refractivity contribution in [3.63, 3.8) is 0 Å². The number of piperazine rings is 1. The molecule has 6 heteroatoms. The van der Waals surface area contributed by atoms with Gasteiger partial charge in [-0.1, -0.05) is 13.3 Å². The van der Waals surface area contributed by atoms with Crippen molar-refractivity contribution in [1.82, 2.24) is 19.7 Å². The molecule has 1 N–H and O–H groups in total. The predicted molar refractivity (Wildman–Crippen MR) is 79.3 cm³/mol. The largest absolute Gasteiger partial charge is 0.351 e. The smallest absolute Gasteiger partial charge is 0.180 e. The molecule has 0 atom stereocenters. The van der Waals surface area contributed by atoms with Crippen molar-refractivity contribution in [2.45, 2.75) is 19.8 Å².